The largest absolute Gasteiger partial charge is 0.497 e. The summed E-state index contributed by atoms with van der Waals surface area (Å²) in [6, 6.07) is 10.8. The van der Waals surface area contributed by atoms with E-state index in [1.807, 2.05) is 11.0 Å². The van der Waals surface area contributed by atoms with Gasteiger partial charge in [0.15, 0.2) is 0 Å². The van der Waals surface area contributed by atoms with Crippen LogP contribution in [0.3, 0.4) is 0 Å². The van der Waals surface area contributed by atoms with Gasteiger partial charge < -0.3 is 19.9 Å². The van der Waals surface area contributed by atoms with Crippen LogP contribution in [0, 0.1) is 5.92 Å². The van der Waals surface area contributed by atoms with Gasteiger partial charge in [-0.05, 0) is 48.7 Å². The number of ether oxygens (including phenoxy) is 1. The van der Waals surface area contributed by atoms with Gasteiger partial charge in [0.05, 0.1) is 12.8 Å². The zero-order chi connectivity index (χ0) is 17.6. The van der Waals surface area contributed by atoms with Crippen molar-refractivity contribution in [1.29, 1.82) is 0 Å². The smallest absolute Gasteiger partial charge is 0.273 e. The minimum absolute atomic E-state index is 0.0311. The van der Waals surface area contributed by atoms with Crippen LogP contribution < -0.4 is 16.0 Å². The number of nitrogens with zero attached hydrogens (tertiary/aromatic N) is 2. The molecule has 6 nitrogen and oxygen atoms in total. The van der Waals surface area contributed by atoms with Gasteiger partial charge in [-0.2, -0.15) is 0 Å². The highest BCUT2D eigenvalue weighted by atomic mass is 16.5. The Bertz CT molecular complexity index is 872. The number of nitrogen functional groups attached to an aromatic ring is 1. The molecule has 4 rings (SSSR count). The van der Waals surface area contributed by atoms with Crippen molar-refractivity contribution >= 4 is 11.6 Å². The summed E-state index contributed by atoms with van der Waals surface area (Å²) < 4.78 is 6.94. The third-order valence-electron chi connectivity index (χ3n) is 5.26. The van der Waals surface area contributed by atoms with E-state index in [0.29, 0.717) is 25.2 Å². The normalized spacial score (nSPS) is 21.6. The van der Waals surface area contributed by atoms with Crippen molar-refractivity contribution < 1.29 is 9.53 Å². The summed E-state index contributed by atoms with van der Waals surface area (Å²) in [7, 11) is 1.61. The monoisotopic (exact) mass is 339 g/mol. The van der Waals surface area contributed by atoms with Gasteiger partial charge in [-0.25, -0.2) is 0 Å². The van der Waals surface area contributed by atoms with Gasteiger partial charge in [-0.1, -0.05) is 0 Å². The topological polar surface area (TPSA) is 77.6 Å². The second-order valence-corrected chi connectivity index (χ2v) is 6.87. The number of hydrogen-bond donors (Lipinski definition) is 1. The molecule has 6 heteroatoms. The molecular weight excluding hydrogens is 318 g/mol. The number of aromatic nitrogens is 1. The van der Waals surface area contributed by atoms with Crippen molar-refractivity contribution in [3.63, 3.8) is 0 Å². The lowest BCUT2D eigenvalue weighted by Gasteiger charge is -2.42. The molecule has 3 heterocycles. The number of anilines is 1. The summed E-state index contributed by atoms with van der Waals surface area (Å²) in [6.07, 6.45) is 1.01. The van der Waals surface area contributed by atoms with Crippen molar-refractivity contribution in [3.8, 4) is 5.75 Å². The van der Waals surface area contributed by atoms with E-state index in [4.69, 9.17) is 10.5 Å². The van der Waals surface area contributed by atoms with E-state index in [0.717, 1.165) is 17.9 Å². The number of methoxy groups -OCH3 is 1. The quantitative estimate of drug-likeness (QED) is 0.903. The maximum absolute atomic E-state index is 12.9. The second kappa shape index (κ2) is 5.95. The molecule has 2 bridgehead atoms. The lowest BCUT2D eigenvalue weighted by Crippen LogP contribution is -2.49. The van der Waals surface area contributed by atoms with E-state index < -0.39 is 0 Å². The summed E-state index contributed by atoms with van der Waals surface area (Å²) in [5.74, 6) is 1.23. The summed E-state index contributed by atoms with van der Waals surface area (Å²) in [5, 5.41) is 0. The van der Waals surface area contributed by atoms with E-state index in [2.05, 4.69) is 0 Å². The van der Waals surface area contributed by atoms with Gasteiger partial charge in [0.25, 0.3) is 11.5 Å². The summed E-state index contributed by atoms with van der Waals surface area (Å²) in [6.45, 7) is 1.93. The number of hydrogen-bond acceptors (Lipinski definition) is 4. The van der Waals surface area contributed by atoms with Crippen LogP contribution in [0.2, 0.25) is 0 Å². The average Bonchev–Trinajstić information content (AvgIpc) is 2.64. The van der Waals surface area contributed by atoms with E-state index in [1.165, 1.54) is 0 Å². The van der Waals surface area contributed by atoms with Crippen LogP contribution >= 0.6 is 0 Å². The van der Waals surface area contributed by atoms with Crippen LogP contribution in [0.15, 0.2) is 41.2 Å². The molecule has 1 aromatic carbocycles. The van der Waals surface area contributed by atoms with E-state index >= 15 is 0 Å². The molecule has 1 fully saturated rings. The van der Waals surface area contributed by atoms with Crippen LogP contribution in [-0.4, -0.2) is 35.6 Å². The molecule has 25 heavy (non-hydrogen) atoms. The van der Waals surface area contributed by atoms with Crippen LogP contribution in [0.5, 0.6) is 5.75 Å². The molecule has 0 aliphatic carbocycles. The molecule has 0 radical (unpaired) electrons. The fourth-order valence-electron chi connectivity index (χ4n) is 4.04. The molecule has 2 aliphatic rings. The highest BCUT2D eigenvalue weighted by Gasteiger charge is 2.36. The van der Waals surface area contributed by atoms with Crippen molar-refractivity contribution in [2.24, 2.45) is 5.92 Å². The maximum Gasteiger partial charge on any atom is 0.273 e. The number of carbonyl (C=O) groups excluding carboxylic acids is 1. The SMILES string of the molecule is COc1ccc(C(=O)N2CC3CC(C2)c2ccc(N)c(=O)n2C3)cc1. The zero-order valence-corrected chi connectivity index (χ0v) is 14.1. The summed E-state index contributed by atoms with van der Waals surface area (Å²) >= 11 is 0. The molecular formula is C19H21N3O3. The van der Waals surface area contributed by atoms with Gasteiger partial charge in [0.1, 0.15) is 5.75 Å². The molecule has 1 saturated heterocycles. The van der Waals surface area contributed by atoms with Crippen LogP contribution in [0.25, 0.3) is 0 Å². The zero-order valence-electron chi connectivity index (χ0n) is 14.1. The first-order chi connectivity index (χ1) is 12.1. The molecule has 0 spiro atoms. The fraction of sp³-hybridized carbons (Fsp3) is 0.368. The number of benzene rings is 1. The maximum atomic E-state index is 12.9. The van der Waals surface area contributed by atoms with Crippen LogP contribution in [0.1, 0.15) is 28.4 Å². The standard InChI is InChI=1S/C19H21N3O3/c1-25-15-4-2-13(3-5-15)18(23)21-9-12-8-14(11-21)17-7-6-16(20)19(24)22(17)10-12/h2-7,12,14H,8-11,20H2,1H3. The summed E-state index contributed by atoms with van der Waals surface area (Å²) in [5.41, 5.74) is 7.59. The Kier molecular flexibility index (Phi) is 3.75. The molecule has 2 unspecified atom stereocenters. The molecule has 130 valence electrons. The molecule has 1 aromatic heterocycles. The fourth-order valence-corrected chi connectivity index (χ4v) is 4.04. The van der Waals surface area contributed by atoms with Gasteiger partial charge in [-0.3, -0.25) is 9.59 Å². The molecule has 2 aliphatic heterocycles. The van der Waals surface area contributed by atoms with Gasteiger partial charge in [0, 0.05) is 36.8 Å². The Morgan fingerprint density at radius 3 is 2.60 bits per heavy atom. The minimum Gasteiger partial charge on any atom is -0.497 e. The molecule has 2 N–H and O–H groups in total. The predicted molar refractivity (Wildman–Crippen MR) is 94.9 cm³/mol. The van der Waals surface area contributed by atoms with Gasteiger partial charge in [0.2, 0.25) is 0 Å². The number of rotatable bonds is 2. The first-order valence-electron chi connectivity index (χ1n) is 8.49. The van der Waals surface area contributed by atoms with Gasteiger partial charge in [-0.15, -0.1) is 0 Å². The highest BCUT2D eigenvalue weighted by Crippen LogP contribution is 2.35. The first-order valence-corrected chi connectivity index (χ1v) is 8.49. The lowest BCUT2D eigenvalue weighted by atomic mass is 9.83. The second-order valence-electron chi connectivity index (χ2n) is 6.87. The predicted octanol–water partition coefficient (Wildman–Crippen LogP) is 1.70. The van der Waals surface area contributed by atoms with Crippen molar-refractivity contribution in [2.45, 2.75) is 18.9 Å². The highest BCUT2D eigenvalue weighted by molar-refractivity contribution is 5.94. The molecule has 2 aromatic rings. The molecule has 1 amide bonds. The third kappa shape index (κ3) is 2.67. The Balaban J connectivity index is 1.60. The number of piperidine rings is 1. The van der Waals surface area contributed by atoms with E-state index in [1.54, 1.807) is 42.0 Å². The van der Waals surface area contributed by atoms with Crippen LogP contribution in [-0.2, 0) is 6.54 Å². The molecule has 2 atom stereocenters. The number of fused-ring (bicyclic) bond motifs is 4. The number of carbonyl (C=O) groups is 1. The van der Waals surface area contributed by atoms with Crippen LogP contribution in [0.4, 0.5) is 5.69 Å². The summed E-state index contributed by atoms with van der Waals surface area (Å²) in [4.78, 5) is 27.1. The Labute approximate surface area is 145 Å². The first kappa shape index (κ1) is 15.7. The van der Waals surface area contributed by atoms with Gasteiger partial charge >= 0.3 is 0 Å². The van der Waals surface area contributed by atoms with E-state index in [-0.39, 0.29) is 29.0 Å². The number of amides is 1. The number of pyridine rings is 1. The van der Waals surface area contributed by atoms with E-state index in [9.17, 15) is 9.59 Å². The number of nitrogens with two attached hydrogens (primary N) is 1. The lowest BCUT2D eigenvalue weighted by molar-refractivity contribution is 0.0594. The molecule has 0 saturated carbocycles. The van der Waals surface area contributed by atoms with Crippen molar-refractivity contribution in [2.75, 3.05) is 25.9 Å². The Morgan fingerprint density at radius 1 is 1.12 bits per heavy atom. The van der Waals surface area contributed by atoms with Crippen molar-refractivity contribution in [3.05, 3.63) is 58.0 Å². The van der Waals surface area contributed by atoms with Crippen molar-refractivity contribution in [1.82, 2.24) is 9.47 Å². The Hall–Kier alpha value is -2.76. The third-order valence-corrected chi connectivity index (χ3v) is 5.26. The number of likely N-dealkylation sites (tertiary alicyclic amines) is 1. The Morgan fingerprint density at radius 2 is 1.88 bits per heavy atom. The minimum atomic E-state index is -0.109. The average molecular weight is 339 g/mol.